The molecule has 2 aliphatic rings. The van der Waals surface area contributed by atoms with Crippen LogP contribution < -0.4 is 30.2 Å². The molecule has 0 aliphatic carbocycles. The molecule has 53 heavy (non-hydrogen) atoms. The molecule has 248 valence electrons. The highest BCUT2D eigenvalue weighted by Crippen LogP contribution is 2.38. The molecule has 1 atom stereocenters. The molecule has 2 aliphatic heterocycles. The summed E-state index contributed by atoms with van der Waals surface area (Å²) in [5.74, 6) is 5.04. The van der Waals surface area contributed by atoms with Crippen LogP contribution >= 0.6 is 0 Å². The molecule has 0 amide bonds. The van der Waals surface area contributed by atoms with Crippen LogP contribution in [-0.2, 0) is 0 Å². The molecule has 0 saturated carbocycles. The average Bonchev–Trinajstić information content (AvgIpc) is 3.24. The number of nitriles is 1. The maximum absolute atomic E-state index is 9.72. The quantitative estimate of drug-likeness (QED) is 0.174. The molecule has 7 heteroatoms. The van der Waals surface area contributed by atoms with Crippen LogP contribution in [-0.4, -0.2) is 23.0 Å². The SMILES string of the molecule is N#Cc1cccc(-c2ccc3c(c2)[Si]2(c4ccccc4O3)c3ccccc3Oc3ccc(-c4nc(-c5ccccc5)nc(-c5ccccc5)n4)cc32)c1. The van der Waals surface area contributed by atoms with Crippen molar-refractivity contribution in [2.45, 2.75) is 0 Å². The van der Waals surface area contributed by atoms with E-state index in [-0.39, 0.29) is 0 Å². The highest BCUT2D eigenvalue weighted by Gasteiger charge is 2.53. The van der Waals surface area contributed by atoms with Crippen LogP contribution in [0.3, 0.4) is 0 Å². The largest absolute Gasteiger partial charge is 0.458 e. The van der Waals surface area contributed by atoms with Crippen molar-refractivity contribution in [2.75, 3.05) is 0 Å². The fourth-order valence-electron chi connectivity index (χ4n) is 7.69. The maximum Gasteiger partial charge on any atom is 0.196 e. The monoisotopic (exact) mass is 696 g/mol. The molecule has 0 fully saturated rings. The molecular formula is C46H28N4O2Si. The van der Waals surface area contributed by atoms with E-state index >= 15 is 0 Å². The van der Waals surface area contributed by atoms with Gasteiger partial charge in [-0.3, -0.25) is 0 Å². The summed E-state index contributed by atoms with van der Waals surface area (Å²) in [5.41, 5.74) is 5.27. The fourth-order valence-corrected chi connectivity index (χ4v) is 12.9. The summed E-state index contributed by atoms with van der Waals surface area (Å²) in [6, 6.07) is 59.6. The zero-order valence-corrected chi connectivity index (χ0v) is 29.3. The number of rotatable bonds is 4. The number of para-hydroxylation sites is 2. The predicted octanol–water partition coefficient (Wildman–Crippen LogP) is 8.00. The minimum atomic E-state index is -3.14. The van der Waals surface area contributed by atoms with E-state index in [2.05, 4.69) is 72.8 Å². The van der Waals surface area contributed by atoms with Gasteiger partial charge in [0.1, 0.15) is 23.0 Å². The van der Waals surface area contributed by atoms with Gasteiger partial charge in [-0.2, -0.15) is 5.26 Å². The summed E-state index contributed by atoms with van der Waals surface area (Å²) in [6.07, 6.45) is 0. The molecule has 0 N–H and O–H groups in total. The summed E-state index contributed by atoms with van der Waals surface area (Å²) >= 11 is 0. The molecule has 1 unspecified atom stereocenters. The first-order chi connectivity index (χ1) is 26.2. The third-order valence-electron chi connectivity index (χ3n) is 10.1. The normalized spacial score (nSPS) is 14.8. The first-order valence-corrected chi connectivity index (χ1v) is 19.4. The highest BCUT2D eigenvalue weighted by molar-refractivity contribution is 7.21. The standard InChI is InChI=1S/C46H28N4O2Si/c47-29-30-12-11-17-33(26-30)34-22-24-38-42(27-34)53(40-20-9-7-18-36(40)51-38)41-21-10-8-19-37(41)52-39-25-23-35(28-43(39)53)46-49-44(31-13-3-1-4-14-31)48-45(50-46)32-15-5-2-6-16-32/h1-28H. The third-order valence-corrected chi connectivity index (χ3v) is 14.9. The highest BCUT2D eigenvalue weighted by atomic mass is 28.3. The zero-order chi connectivity index (χ0) is 35.4. The Labute approximate surface area is 307 Å². The van der Waals surface area contributed by atoms with Crippen molar-refractivity contribution in [3.8, 4) is 74.4 Å². The second-order valence-electron chi connectivity index (χ2n) is 13.1. The molecule has 7 aromatic carbocycles. The predicted molar refractivity (Wildman–Crippen MR) is 210 cm³/mol. The Morgan fingerprint density at radius 1 is 0.377 bits per heavy atom. The lowest BCUT2D eigenvalue weighted by atomic mass is 10.0. The molecule has 0 bridgehead atoms. The number of aromatic nitrogens is 3. The number of fused-ring (bicyclic) bond motifs is 8. The van der Waals surface area contributed by atoms with Gasteiger partial charge in [0.05, 0.1) is 11.6 Å². The molecule has 3 heterocycles. The number of benzene rings is 7. The number of hydrogen-bond donors (Lipinski definition) is 0. The molecular weight excluding hydrogens is 669 g/mol. The zero-order valence-electron chi connectivity index (χ0n) is 28.3. The van der Waals surface area contributed by atoms with Crippen LogP contribution in [0.25, 0.3) is 45.3 Å². The van der Waals surface area contributed by atoms with Gasteiger partial charge in [-0.1, -0.05) is 121 Å². The van der Waals surface area contributed by atoms with E-state index in [1.54, 1.807) is 0 Å². The lowest BCUT2D eigenvalue weighted by Crippen LogP contribution is -2.77. The van der Waals surface area contributed by atoms with Gasteiger partial charge in [0.25, 0.3) is 0 Å². The van der Waals surface area contributed by atoms with E-state index in [1.807, 2.05) is 103 Å². The van der Waals surface area contributed by atoms with Crippen LogP contribution in [0.1, 0.15) is 5.56 Å². The second-order valence-corrected chi connectivity index (χ2v) is 16.8. The van der Waals surface area contributed by atoms with Crippen molar-refractivity contribution in [1.82, 2.24) is 15.0 Å². The van der Waals surface area contributed by atoms with Gasteiger partial charge in [0.15, 0.2) is 25.5 Å². The van der Waals surface area contributed by atoms with Crippen molar-refractivity contribution in [3.63, 3.8) is 0 Å². The van der Waals surface area contributed by atoms with Crippen LogP contribution in [0.5, 0.6) is 23.0 Å². The Balaban J connectivity index is 1.26. The van der Waals surface area contributed by atoms with Crippen LogP contribution in [0, 0.1) is 11.3 Å². The van der Waals surface area contributed by atoms with Crippen LogP contribution in [0.4, 0.5) is 0 Å². The summed E-state index contributed by atoms with van der Waals surface area (Å²) in [5, 5.41) is 14.2. The molecule has 6 nitrogen and oxygen atoms in total. The molecule has 0 radical (unpaired) electrons. The van der Waals surface area contributed by atoms with Gasteiger partial charge in [-0.25, -0.2) is 15.0 Å². The van der Waals surface area contributed by atoms with E-state index in [1.165, 1.54) is 0 Å². The van der Waals surface area contributed by atoms with Gasteiger partial charge in [-0.05, 0) is 80.4 Å². The summed E-state index contributed by atoms with van der Waals surface area (Å²) in [7, 11) is -3.14. The van der Waals surface area contributed by atoms with Crippen molar-refractivity contribution >= 4 is 28.8 Å². The molecule has 1 spiro atoms. The van der Waals surface area contributed by atoms with Gasteiger partial charge >= 0.3 is 0 Å². The maximum atomic E-state index is 9.72. The molecule has 8 aromatic rings. The number of nitrogens with zero attached hydrogens (tertiary/aromatic N) is 4. The smallest absolute Gasteiger partial charge is 0.196 e. The lowest BCUT2D eigenvalue weighted by Gasteiger charge is -2.43. The Bertz CT molecular complexity index is 2670. The number of hydrogen-bond acceptors (Lipinski definition) is 6. The van der Waals surface area contributed by atoms with Gasteiger partial charge < -0.3 is 9.47 Å². The van der Waals surface area contributed by atoms with Crippen molar-refractivity contribution in [1.29, 1.82) is 5.26 Å². The minimum Gasteiger partial charge on any atom is -0.458 e. The second kappa shape index (κ2) is 12.3. The fraction of sp³-hybridized carbons (Fsp3) is 0. The van der Waals surface area contributed by atoms with E-state index in [9.17, 15) is 5.26 Å². The van der Waals surface area contributed by atoms with Crippen molar-refractivity contribution in [2.24, 2.45) is 0 Å². The first-order valence-electron chi connectivity index (χ1n) is 17.4. The molecule has 0 saturated heterocycles. The average molecular weight is 697 g/mol. The topological polar surface area (TPSA) is 80.9 Å². The third kappa shape index (κ3) is 4.96. The van der Waals surface area contributed by atoms with Gasteiger partial charge in [0, 0.05) is 16.7 Å². The summed E-state index contributed by atoms with van der Waals surface area (Å²) in [4.78, 5) is 15.1. The Morgan fingerprint density at radius 2 is 0.811 bits per heavy atom. The number of ether oxygens (including phenoxy) is 2. The van der Waals surface area contributed by atoms with Crippen molar-refractivity contribution < 1.29 is 9.47 Å². The van der Waals surface area contributed by atoms with E-state index in [0.717, 1.165) is 71.6 Å². The van der Waals surface area contributed by atoms with Crippen LogP contribution in [0.15, 0.2) is 170 Å². The van der Waals surface area contributed by atoms with Gasteiger partial charge in [0.2, 0.25) is 0 Å². The van der Waals surface area contributed by atoms with Crippen molar-refractivity contribution in [3.05, 3.63) is 175 Å². The van der Waals surface area contributed by atoms with E-state index < -0.39 is 8.07 Å². The molecule has 10 rings (SSSR count). The summed E-state index contributed by atoms with van der Waals surface area (Å²) < 4.78 is 13.5. The summed E-state index contributed by atoms with van der Waals surface area (Å²) in [6.45, 7) is 0. The molecule has 1 aromatic heterocycles. The van der Waals surface area contributed by atoms with Gasteiger partial charge in [-0.15, -0.1) is 0 Å². The lowest BCUT2D eigenvalue weighted by molar-refractivity contribution is 0.482. The Hall–Kier alpha value is -7.14. The first kappa shape index (κ1) is 30.7. The minimum absolute atomic E-state index is 0.575. The van der Waals surface area contributed by atoms with E-state index in [0.29, 0.717) is 23.0 Å². The van der Waals surface area contributed by atoms with Crippen LogP contribution in [0.2, 0.25) is 0 Å². The Kier molecular flexibility index (Phi) is 7.10. The van der Waals surface area contributed by atoms with E-state index in [4.69, 9.17) is 24.4 Å². The Morgan fingerprint density at radius 3 is 1.38 bits per heavy atom.